The fourth-order valence-corrected chi connectivity index (χ4v) is 5.21. The molecule has 2 aromatic carbocycles. The molecule has 1 amide bonds. The van der Waals surface area contributed by atoms with Crippen molar-refractivity contribution in [3.05, 3.63) is 57.8 Å². The van der Waals surface area contributed by atoms with Crippen molar-refractivity contribution < 1.29 is 31.9 Å². The fraction of sp³-hybridized carbons (Fsp3) is 0.333. The topological polar surface area (TPSA) is 102 Å². The molecule has 0 radical (unpaired) electrons. The molecule has 0 spiro atoms. The Kier molecular flexibility index (Phi) is 7.84. The zero-order valence-electron chi connectivity index (χ0n) is 17.7. The van der Waals surface area contributed by atoms with E-state index in [0.29, 0.717) is 13.1 Å². The van der Waals surface area contributed by atoms with Crippen LogP contribution in [0.2, 0.25) is 10.0 Å². The van der Waals surface area contributed by atoms with Gasteiger partial charge in [0.25, 0.3) is 15.9 Å². The first-order chi connectivity index (χ1) is 15.5. The summed E-state index contributed by atoms with van der Waals surface area (Å²) in [6.07, 6.45) is -0.305. The van der Waals surface area contributed by atoms with Crippen LogP contribution in [0.5, 0.6) is 0 Å². The van der Waals surface area contributed by atoms with E-state index in [2.05, 4.69) is 4.72 Å². The summed E-state index contributed by atoms with van der Waals surface area (Å²) in [7, 11) is -4.25. The lowest BCUT2D eigenvalue weighted by Gasteiger charge is -2.35. The standard InChI is InChI=1S/C21H21Cl2FN2O6S/c1-12-9-26(10-13(2)32-12)20(27)11-31-21(28)16-7-19(18(23)8-17(16)22)33(29,30)25-15-5-3-14(24)4-6-15/h3-8,12-13,25H,9-11H2,1-2H3. The molecule has 0 saturated carbocycles. The smallest absolute Gasteiger partial charge is 0.340 e. The molecule has 2 atom stereocenters. The highest BCUT2D eigenvalue weighted by atomic mass is 35.5. The molecule has 1 saturated heterocycles. The first kappa shape index (κ1) is 25.2. The minimum atomic E-state index is -4.25. The molecule has 1 N–H and O–H groups in total. The van der Waals surface area contributed by atoms with Crippen LogP contribution >= 0.6 is 23.2 Å². The number of carbonyl (C=O) groups is 2. The molecule has 1 fully saturated rings. The summed E-state index contributed by atoms with van der Waals surface area (Å²) >= 11 is 12.1. The van der Waals surface area contributed by atoms with E-state index in [9.17, 15) is 22.4 Å². The van der Waals surface area contributed by atoms with E-state index in [0.717, 1.165) is 24.3 Å². The number of sulfonamides is 1. The molecular formula is C21H21Cl2FN2O6S. The molecule has 12 heteroatoms. The summed E-state index contributed by atoms with van der Waals surface area (Å²) in [6, 6.07) is 6.66. The highest BCUT2D eigenvalue weighted by Crippen LogP contribution is 2.30. The fourth-order valence-electron chi connectivity index (χ4n) is 3.30. The minimum absolute atomic E-state index is 0.0890. The zero-order chi connectivity index (χ0) is 24.3. The van der Waals surface area contributed by atoms with Gasteiger partial charge in [-0.05, 0) is 50.2 Å². The third-order valence-electron chi connectivity index (χ3n) is 4.73. The largest absolute Gasteiger partial charge is 0.452 e. The molecule has 0 bridgehead atoms. The first-order valence-corrected chi connectivity index (χ1v) is 12.1. The number of benzene rings is 2. The van der Waals surface area contributed by atoms with Crippen molar-refractivity contribution in [1.82, 2.24) is 4.90 Å². The number of halogens is 3. The summed E-state index contributed by atoms with van der Waals surface area (Å²) < 4.78 is 51.5. The molecule has 3 rings (SSSR count). The molecule has 1 aliphatic rings. The summed E-state index contributed by atoms with van der Waals surface area (Å²) in [5.41, 5.74) is -0.192. The van der Waals surface area contributed by atoms with Crippen molar-refractivity contribution in [3.63, 3.8) is 0 Å². The lowest BCUT2D eigenvalue weighted by Crippen LogP contribution is -2.49. The Morgan fingerprint density at radius 1 is 1.12 bits per heavy atom. The maximum atomic E-state index is 13.1. The molecule has 33 heavy (non-hydrogen) atoms. The molecule has 0 aromatic heterocycles. The summed E-state index contributed by atoms with van der Waals surface area (Å²) in [5, 5.41) is -0.384. The van der Waals surface area contributed by atoms with Crippen LogP contribution in [0.1, 0.15) is 24.2 Å². The second-order valence-electron chi connectivity index (χ2n) is 7.51. The SMILES string of the molecule is CC1CN(C(=O)COC(=O)c2cc(S(=O)(=O)Nc3ccc(F)cc3)c(Cl)cc2Cl)CC(C)O1. The predicted molar refractivity (Wildman–Crippen MR) is 121 cm³/mol. The van der Waals surface area contributed by atoms with Crippen LogP contribution in [0.25, 0.3) is 0 Å². The number of esters is 1. The highest BCUT2D eigenvalue weighted by Gasteiger charge is 2.28. The maximum absolute atomic E-state index is 13.1. The van der Waals surface area contributed by atoms with Gasteiger partial charge in [0.05, 0.1) is 27.8 Å². The molecule has 2 aromatic rings. The van der Waals surface area contributed by atoms with Gasteiger partial charge in [-0.3, -0.25) is 9.52 Å². The lowest BCUT2D eigenvalue weighted by atomic mass is 10.2. The van der Waals surface area contributed by atoms with Crippen molar-refractivity contribution in [1.29, 1.82) is 0 Å². The highest BCUT2D eigenvalue weighted by molar-refractivity contribution is 7.92. The Morgan fingerprint density at radius 3 is 2.33 bits per heavy atom. The van der Waals surface area contributed by atoms with Gasteiger partial charge in [-0.25, -0.2) is 17.6 Å². The molecule has 178 valence electrons. The van der Waals surface area contributed by atoms with Crippen LogP contribution in [0.15, 0.2) is 41.3 Å². The van der Waals surface area contributed by atoms with E-state index in [4.69, 9.17) is 32.7 Å². The number of rotatable bonds is 6. The molecule has 0 aliphatic carbocycles. The Morgan fingerprint density at radius 2 is 1.73 bits per heavy atom. The summed E-state index contributed by atoms with van der Waals surface area (Å²) in [6.45, 7) is 3.83. The maximum Gasteiger partial charge on any atom is 0.340 e. The number of morpholine rings is 1. The third-order valence-corrected chi connectivity index (χ3v) is 6.89. The summed E-state index contributed by atoms with van der Waals surface area (Å²) in [4.78, 5) is 26.1. The van der Waals surface area contributed by atoms with Gasteiger partial charge in [0.2, 0.25) is 0 Å². The van der Waals surface area contributed by atoms with Crippen molar-refractivity contribution in [2.75, 3.05) is 24.4 Å². The van der Waals surface area contributed by atoms with Crippen molar-refractivity contribution in [2.24, 2.45) is 0 Å². The predicted octanol–water partition coefficient (Wildman–Crippen LogP) is 3.73. The van der Waals surface area contributed by atoms with E-state index < -0.39 is 39.2 Å². The van der Waals surface area contributed by atoms with E-state index in [1.165, 1.54) is 17.0 Å². The van der Waals surface area contributed by atoms with Gasteiger partial charge in [0, 0.05) is 18.8 Å². The van der Waals surface area contributed by atoms with Gasteiger partial charge in [-0.1, -0.05) is 23.2 Å². The Hall–Kier alpha value is -2.40. The quantitative estimate of drug-likeness (QED) is 0.584. The van der Waals surface area contributed by atoms with Crippen molar-refractivity contribution >= 4 is 50.8 Å². The zero-order valence-corrected chi connectivity index (χ0v) is 20.0. The number of nitrogens with one attached hydrogen (secondary N) is 1. The van der Waals surface area contributed by atoms with Crippen LogP contribution < -0.4 is 4.72 Å². The Labute approximate surface area is 200 Å². The minimum Gasteiger partial charge on any atom is -0.452 e. The van der Waals surface area contributed by atoms with Gasteiger partial charge in [-0.2, -0.15) is 0 Å². The number of hydrogen-bond donors (Lipinski definition) is 1. The number of amides is 1. The average Bonchev–Trinajstić information content (AvgIpc) is 2.72. The molecule has 1 heterocycles. The lowest BCUT2D eigenvalue weighted by molar-refractivity contribution is -0.146. The first-order valence-electron chi connectivity index (χ1n) is 9.84. The van der Waals surface area contributed by atoms with Gasteiger partial charge >= 0.3 is 5.97 Å². The Balaban J connectivity index is 1.75. The van der Waals surface area contributed by atoms with Gasteiger partial charge < -0.3 is 14.4 Å². The van der Waals surface area contributed by atoms with E-state index in [1.807, 2.05) is 13.8 Å². The second-order valence-corrected chi connectivity index (χ2v) is 9.97. The number of carbonyl (C=O) groups excluding carboxylic acids is 2. The summed E-state index contributed by atoms with van der Waals surface area (Å²) in [5.74, 6) is -1.94. The van der Waals surface area contributed by atoms with Crippen LogP contribution in [0.4, 0.5) is 10.1 Å². The Bertz CT molecular complexity index is 1150. The van der Waals surface area contributed by atoms with Crippen LogP contribution in [-0.2, 0) is 24.3 Å². The average molecular weight is 519 g/mol. The van der Waals surface area contributed by atoms with E-state index >= 15 is 0 Å². The number of hydrogen-bond acceptors (Lipinski definition) is 6. The van der Waals surface area contributed by atoms with Gasteiger partial charge in [-0.15, -0.1) is 0 Å². The van der Waals surface area contributed by atoms with Crippen LogP contribution in [-0.4, -0.2) is 57.1 Å². The monoisotopic (exact) mass is 518 g/mol. The molecule has 8 nitrogen and oxygen atoms in total. The van der Waals surface area contributed by atoms with E-state index in [-0.39, 0.29) is 33.5 Å². The normalized spacial score (nSPS) is 18.6. The van der Waals surface area contributed by atoms with E-state index in [1.54, 1.807) is 0 Å². The molecule has 1 aliphatic heterocycles. The van der Waals surface area contributed by atoms with Crippen molar-refractivity contribution in [2.45, 2.75) is 31.0 Å². The number of anilines is 1. The van der Waals surface area contributed by atoms with Crippen molar-refractivity contribution in [3.8, 4) is 0 Å². The van der Waals surface area contributed by atoms with Gasteiger partial charge in [0.15, 0.2) is 6.61 Å². The van der Waals surface area contributed by atoms with Crippen LogP contribution in [0.3, 0.4) is 0 Å². The van der Waals surface area contributed by atoms with Crippen LogP contribution in [0, 0.1) is 5.82 Å². The number of ether oxygens (including phenoxy) is 2. The van der Waals surface area contributed by atoms with Gasteiger partial charge in [0.1, 0.15) is 10.7 Å². The third kappa shape index (κ3) is 6.35. The molecular weight excluding hydrogens is 498 g/mol. The molecule has 2 unspecified atom stereocenters. The number of nitrogens with zero attached hydrogens (tertiary/aromatic N) is 1. The second kappa shape index (κ2) is 10.3.